The molecule has 0 unspecified atom stereocenters. The predicted octanol–water partition coefficient (Wildman–Crippen LogP) is 4.24. The van der Waals surface area contributed by atoms with Crippen LogP contribution in [0.2, 0.25) is 0 Å². The standard InChI is InChI=1S/C17H16N6OS2/c1-10-6-4-7-13(11(10)2)23-17(20-21-22-23)26-12(3)15-18-19-16(24-15)14-8-5-9-25-14/h4-9,12H,1-3H3/t12-/m1/s1. The van der Waals surface area contributed by atoms with Crippen LogP contribution in [0, 0.1) is 13.8 Å². The lowest BCUT2D eigenvalue weighted by molar-refractivity contribution is 0.509. The number of aromatic nitrogens is 6. The minimum Gasteiger partial charge on any atom is -0.419 e. The molecule has 1 aromatic carbocycles. The lowest BCUT2D eigenvalue weighted by Crippen LogP contribution is -2.03. The third-order valence-electron chi connectivity index (χ3n) is 4.05. The van der Waals surface area contributed by atoms with Crippen LogP contribution in [0.5, 0.6) is 0 Å². The highest BCUT2D eigenvalue weighted by Crippen LogP contribution is 2.35. The Morgan fingerprint density at radius 1 is 1.12 bits per heavy atom. The Bertz CT molecular complexity index is 1020. The van der Waals surface area contributed by atoms with E-state index in [1.807, 2.05) is 36.6 Å². The van der Waals surface area contributed by atoms with Gasteiger partial charge < -0.3 is 4.42 Å². The summed E-state index contributed by atoms with van der Waals surface area (Å²) in [5.41, 5.74) is 3.31. The molecule has 3 aromatic heterocycles. The fraction of sp³-hybridized carbons (Fsp3) is 0.235. The second-order valence-corrected chi connectivity index (χ2v) is 8.03. The highest BCUT2D eigenvalue weighted by Gasteiger charge is 2.21. The minimum absolute atomic E-state index is 0.0777. The number of tetrazole rings is 1. The summed E-state index contributed by atoms with van der Waals surface area (Å²) in [5, 5.41) is 23.1. The molecule has 26 heavy (non-hydrogen) atoms. The molecule has 0 fully saturated rings. The molecule has 0 saturated carbocycles. The van der Waals surface area contributed by atoms with Gasteiger partial charge in [-0.25, -0.2) is 0 Å². The summed E-state index contributed by atoms with van der Waals surface area (Å²) in [4.78, 5) is 0.959. The van der Waals surface area contributed by atoms with Crippen LogP contribution in [0.3, 0.4) is 0 Å². The van der Waals surface area contributed by atoms with Crippen LogP contribution in [0.1, 0.15) is 29.2 Å². The van der Waals surface area contributed by atoms with Gasteiger partial charge in [0.05, 0.1) is 15.8 Å². The zero-order chi connectivity index (χ0) is 18.1. The van der Waals surface area contributed by atoms with Gasteiger partial charge in [0.2, 0.25) is 11.0 Å². The van der Waals surface area contributed by atoms with Gasteiger partial charge in [-0.3, -0.25) is 0 Å². The Labute approximate surface area is 158 Å². The van der Waals surface area contributed by atoms with Crippen LogP contribution in [0.15, 0.2) is 45.3 Å². The lowest BCUT2D eigenvalue weighted by atomic mass is 10.1. The van der Waals surface area contributed by atoms with Crippen LogP contribution < -0.4 is 0 Å². The van der Waals surface area contributed by atoms with E-state index in [0.29, 0.717) is 16.9 Å². The molecule has 4 rings (SSSR count). The zero-order valence-electron chi connectivity index (χ0n) is 14.4. The summed E-state index contributed by atoms with van der Waals surface area (Å²) in [7, 11) is 0. The van der Waals surface area contributed by atoms with Gasteiger partial charge in [-0.1, -0.05) is 30.0 Å². The van der Waals surface area contributed by atoms with Crippen LogP contribution in [-0.4, -0.2) is 30.4 Å². The van der Waals surface area contributed by atoms with Crippen molar-refractivity contribution in [1.82, 2.24) is 30.4 Å². The molecule has 0 saturated heterocycles. The van der Waals surface area contributed by atoms with E-state index >= 15 is 0 Å². The number of thiophene rings is 1. The largest absolute Gasteiger partial charge is 0.419 e. The van der Waals surface area contributed by atoms with E-state index in [4.69, 9.17) is 4.42 Å². The fourth-order valence-electron chi connectivity index (χ4n) is 2.48. The van der Waals surface area contributed by atoms with Gasteiger partial charge in [-0.05, 0) is 59.8 Å². The number of rotatable bonds is 5. The Morgan fingerprint density at radius 3 is 2.81 bits per heavy atom. The van der Waals surface area contributed by atoms with Gasteiger partial charge >= 0.3 is 0 Å². The average Bonchev–Trinajstić information content (AvgIpc) is 3.38. The van der Waals surface area contributed by atoms with Gasteiger partial charge in [0.1, 0.15) is 0 Å². The molecular weight excluding hydrogens is 368 g/mol. The molecule has 1 atom stereocenters. The van der Waals surface area contributed by atoms with Gasteiger partial charge in [-0.15, -0.1) is 26.6 Å². The maximum atomic E-state index is 5.82. The van der Waals surface area contributed by atoms with Crippen molar-refractivity contribution >= 4 is 23.1 Å². The Balaban J connectivity index is 1.59. The molecule has 9 heteroatoms. The van der Waals surface area contributed by atoms with Crippen molar-refractivity contribution in [1.29, 1.82) is 0 Å². The normalized spacial score (nSPS) is 12.4. The summed E-state index contributed by atoms with van der Waals surface area (Å²) in [6.45, 7) is 6.14. The first kappa shape index (κ1) is 16.9. The summed E-state index contributed by atoms with van der Waals surface area (Å²) >= 11 is 3.05. The molecule has 3 heterocycles. The zero-order valence-corrected chi connectivity index (χ0v) is 16.1. The van der Waals surface area contributed by atoms with Crippen molar-refractivity contribution in [3.63, 3.8) is 0 Å². The first-order chi connectivity index (χ1) is 12.6. The molecule has 0 spiro atoms. The predicted molar refractivity (Wildman–Crippen MR) is 101 cm³/mol. The molecule has 0 radical (unpaired) electrons. The van der Waals surface area contributed by atoms with Crippen LogP contribution in [0.25, 0.3) is 16.5 Å². The maximum Gasteiger partial charge on any atom is 0.257 e. The van der Waals surface area contributed by atoms with E-state index in [9.17, 15) is 0 Å². The van der Waals surface area contributed by atoms with E-state index < -0.39 is 0 Å². The first-order valence-electron chi connectivity index (χ1n) is 8.02. The summed E-state index contributed by atoms with van der Waals surface area (Å²) < 4.78 is 7.57. The van der Waals surface area contributed by atoms with Gasteiger partial charge in [0.15, 0.2) is 0 Å². The second kappa shape index (κ2) is 7.00. The molecule has 4 aromatic rings. The average molecular weight is 384 g/mol. The highest BCUT2D eigenvalue weighted by atomic mass is 32.2. The van der Waals surface area contributed by atoms with Gasteiger partial charge in [0, 0.05) is 0 Å². The summed E-state index contributed by atoms with van der Waals surface area (Å²) in [6.07, 6.45) is 0. The molecule has 0 aliphatic rings. The van der Waals surface area contributed by atoms with Crippen molar-refractivity contribution in [3.05, 3.63) is 52.7 Å². The maximum absolute atomic E-state index is 5.82. The first-order valence-corrected chi connectivity index (χ1v) is 9.78. The lowest BCUT2D eigenvalue weighted by Gasteiger charge is -2.10. The molecule has 0 N–H and O–H groups in total. The number of nitrogens with zero attached hydrogens (tertiary/aromatic N) is 6. The van der Waals surface area contributed by atoms with E-state index in [1.165, 1.54) is 17.3 Å². The van der Waals surface area contributed by atoms with Crippen LogP contribution >= 0.6 is 23.1 Å². The molecule has 132 valence electrons. The van der Waals surface area contributed by atoms with E-state index in [2.05, 4.69) is 45.6 Å². The van der Waals surface area contributed by atoms with Crippen molar-refractivity contribution in [2.24, 2.45) is 0 Å². The SMILES string of the molecule is Cc1cccc(-n2nnnc2S[C@H](C)c2nnc(-c3cccs3)o2)c1C. The van der Waals surface area contributed by atoms with Crippen molar-refractivity contribution in [2.45, 2.75) is 31.2 Å². The second-order valence-electron chi connectivity index (χ2n) is 5.78. The number of hydrogen-bond acceptors (Lipinski definition) is 8. The Hall–Kier alpha value is -2.52. The Kier molecular flexibility index (Phi) is 4.56. The number of hydrogen-bond donors (Lipinski definition) is 0. The van der Waals surface area contributed by atoms with Gasteiger partial charge in [0.25, 0.3) is 5.89 Å². The molecule has 0 bridgehead atoms. The quantitative estimate of drug-likeness (QED) is 0.476. The summed E-state index contributed by atoms with van der Waals surface area (Å²) in [6, 6.07) is 10.0. The molecular formula is C17H16N6OS2. The van der Waals surface area contributed by atoms with E-state index in [0.717, 1.165) is 16.1 Å². The summed E-state index contributed by atoms with van der Waals surface area (Å²) in [5.74, 6) is 1.09. The number of benzene rings is 1. The highest BCUT2D eigenvalue weighted by molar-refractivity contribution is 7.99. The third-order valence-corrected chi connectivity index (χ3v) is 5.93. The van der Waals surface area contributed by atoms with E-state index in [-0.39, 0.29) is 5.25 Å². The molecule has 0 amide bonds. The van der Waals surface area contributed by atoms with Crippen LogP contribution in [0.4, 0.5) is 0 Å². The third kappa shape index (κ3) is 3.15. The van der Waals surface area contributed by atoms with Crippen LogP contribution in [-0.2, 0) is 0 Å². The minimum atomic E-state index is -0.0777. The number of aryl methyl sites for hydroxylation is 1. The topological polar surface area (TPSA) is 82.5 Å². The molecule has 0 aliphatic carbocycles. The molecule has 0 aliphatic heterocycles. The Morgan fingerprint density at radius 2 is 2.00 bits per heavy atom. The van der Waals surface area contributed by atoms with Gasteiger partial charge in [-0.2, -0.15) is 4.68 Å². The molecule has 7 nitrogen and oxygen atoms in total. The van der Waals surface area contributed by atoms with Crippen molar-refractivity contribution in [2.75, 3.05) is 0 Å². The van der Waals surface area contributed by atoms with Crippen molar-refractivity contribution < 1.29 is 4.42 Å². The monoisotopic (exact) mass is 384 g/mol. The fourth-order valence-corrected chi connectivity index (χ4v) is 3.95. The smallest absolute Gasteiger partial charge is 0.257 e. The van der Waals surface area contributed by atoms with E-state index in [1.54, 1.807) is 16.0 Å². The van der Waals surface area contributed by atoms with Crippen molar-refractivity contribution in [3.8, 4) is 16.5 Å². The number of thioether (sulfide) groups is 1.